The monoisotopic (exact) mass is 335 g/mol. The molecule has 1 aliphatic heterocycles. The topological polar surface area (TPSA) is 39.7 Å². The molecule has 0 aromatic carbocycles. The summed E-state index contributed by atoms with van der Waals surface area (Å²) < 4.78 is 51.7. The van der Waals surface area contributed by atoms with Crippen LogP contribution in [0.3, 0.4) is 0 Å². The molecule has 132 valence electrons. The average Bonchev–Trinajstić information content (AvgIpc) is 2.91. The number of alkyl halides is 3. The van der Waals surface area contributed by atoms with E-state index >= 15 is 0 Å². The van der Waals surface area contributed by atoms with Gasteiger partial charge in [0.15, 0.2) is 5.79 Å². The normalized spacial score (nSPS) is 23.5. The van der Waals surface area contributed by atoms with E-state index in [2.05, 4.69) is 10.1 Å². The highest BCUT2D eigenvalue weighted by Gasteiger charge is 2.40. The van der Waals surface area contributed by atoms with Gasteiger partial charge in [-0.3, -0.25) is 0 Å². The largest absolute Gasteiger partial charge is 0.572 e. The smallest absolute Gasteiger partial charge is 0.411 e. The van der Waals surface area contributed by atoms with Gasteiger partial charge in [0.1, 0.15) is 5.76 Å². The van der Waals surface area contributed by atoms with Crippen molar-refractivity contribution in [1.82, 2.24) is 5.32 Å². The summed E-state index contributed by atoms with van der Waals surface area (Å²) in [6.45, 7) is 4.92. The second-order valence-corrected chi connectivity index (χ2v) is 5.93. The lowest BCUT2D eigenvalue weighted by molar-refractivity contribution is -0.305. The quantitative estimate of drug-likeness (QED) is 0.615. The van der Waals surface area contributed by atoms with Crippen LogP contribution in [-0.2, 0) is 14.2 Å². The molecule has 1 N–H and O–H groups in total. The molecule has 1 aliphatic carbocycles. The average molecular weight is 335 g/mol. The van der Waals surface area contributed by atoms with Crippen molar-refractivity contribution in [2.24, 2.45) is 0 Å². The Bertz CT molecular complexity index is 444. The first-order chi connectivity index (χ1) is 10.8. The number of allylic oxidation sites excluding steroid dienone is 2. The van der Waals surface area contributed by atoms with Crippen molar-refractivity contribution in [3.8, 4) is 0 Å². The fourth-order valence-corrected chi connectivity index (χ4v) is 3.02. The molecule has 2 aliphatic rings. The zero-order chi connectivity index (χ0) is 16.9. The van der Waals surface area contributed by atoms with Gasteiger partial charge in [-0.2, -0.15) is 0 Å². The van der Waals surface area contributed by atoms with Crippen molar-refractivity contribution in [3.63, 3.8) is 0 Å². The first-order valence-electron chi connectivity index (χ1n) is 7.92. The Balaban J connectivity index is 1.77. The Morgan fingerprint density at radius 2 is 1.87 bits per heavy atom. The molecule has 0 amide bonds. The number of nitrogens with one attached hydrogen (secondary N) is 1. The van der Waals surface area contributed by atoms with Gasteiger partial charge < -0.3 is 19.5 Å². The van der Waals surface area contributed by atoms with E-state index < -0.39 is 12.1 Å². The van der Waals surface area contributed by atoms with Crippen LogP contribution in [0.1, 0.15) is 39.5 Å². The number of ether oxygens (including phenoxy) is 3. The number of rotatable bonds is 5. The maximum absolute atomic E-state index is 12.2. The molecule has 4 nitrogen and oxygen atoms in total. The Morgan fingerprint density at radius 1 is 1.26 bits per heavy atom. The first kappa shape index (κ1) is 18.3. The van der Waals surface area contributed by atoms with E-state index in [-0.39, 0.29) is 5.76 Å². The maximum atomic E-state index is 12.2. The lowest BCUT2D eigenvalue weighted by atomic mass is 9.90. The molecule has 0 bridgehead atoms. The van der Waals surface area contributed by atoms with E-state index in [9.17, 15) is 13.2 Å². The van der Waals surface area contributed by atoms with Crippen LogP contribution >= 0.6 is 0 Å². The third-order valence-corrected chi connectivity index (χ3v) is 4.19. The summed E-state index contributed by atoms with van der Waals surface area (Å²) in [5, 5.41) is 3.39. The summed E-state index contributed by atoms with van der Waals surface area (Å²) in [6.07, 6.45) is 2.10. The predicted molar refractivity (Wildman–Crippen MR) is 79.5 cm³/mol. The number of hydrogen-bond acceptors (Lipinski definition) is 4. The lowest BCUT2D eigenvalue weighted by Gasteiger charge is -2.35. The van der Waals surface area contributed by atoms with Crippen molar-refractivity contribution >= 4 is 0 Å². The number of halogens is 3. The Kier molecular flexibility index (Phi) is 6.11. The zero-order valence-electron chi connectivity index (χ0n) is 13.5. The van der Waals surface area contributed by atoms with Crippen LogP contribution in [0.5, 0.6) is 0 Å². The van der Waals surface area contributed by atoms with Crippen LogP contribution in [0.15, 0.2) is 23.5 Å². The van der Waals surface area contributed by atoms with Gasteiger partial charge in [0.25, 0.3) is 0 Å². The van der Waals surface area contributed by atoms with Gasteiger partial charge in [0.05, 0.1) is 13.2 Å². The highest BCUT2D eigenvalue weighted by molar-refractivity contribution is 5.21. The molecule has 1 saturated heterocycles. The van der Waals surface area contributed by atoms with Gasteiger partial charge in [0.2, 0.25) is 0 Å². The SMILES string of the molecule is C/C=C(\C=C(/C)OC(F)(F)F)CNC1CCC2(CC1)OCCO2. The second kappa shape index (κ2) is 7.68. The third-order valence-electron chi connectivity index (χ3n) is 4.19. The molecule has 0 unspecified atom stereocenters. The van der Waals surface area contributed by atoms with Gasteiger partial charge in [0, 0.05) is 25.4 Å². The minimum absolute atomic E-state index is 0.164. The van der Waals surface area contributed by atoms with Crippen LogP contribution in [-0.4, -0.2) is 37.9 Å². The fraction of sp³-hybridized carbons (Fsp3) is 0.750. The van der Waals surface area contributed by atoms with Crippen LogP contribution in [0.2, 0.25) is 0 Å². The van der Waals surface area contributed by atoms with Gasteiger partial charge in [-0.15, -0.1) is 13.2 Å². The van der Waals surface area contributed by atoms with Crippen molar-refractivity contribution < 1.29 is 27.4 Å². The summed E-state index contributed by atoms with van der Waals surface area (Å²) in [7, 11) is 0. The molecule has 0 aromatic rings. The lowest BCUT2D eigenvalue weighted by Crippen LogP contribution is -2.42. The molecule has 7 heteroatoms. The second-order valence-electron chi connectivity index (χ2n) is 5.93. The molecule has 2 rings (SSSR count). The van der Waals surface area contributed by atoms with Crippen molar-refractivity contribution in [1.29, 1.82) is 0 Å². The molecular formula is C16H24F3NO3. The molecule has 1 heterocycles. The summed E-state index contributed by atoms with van der Waals surface area (Å²) >= 11 is 0. The molecule has 1 saturated carbocycles. The third kappa shape index (κ3) is 5.82. The van der Waals surface area contributed by atoms with Crippen LogP contribution in [0.4, 0.5) is 13.2 Å². The first-order valence-corrected chi connectivity index (χ1v) is 7.92. The van der Waals surface area contributed by atoms with Crippen LogP contribution in [0, 0.1) is 0 Å². The minimum Gasteiger partial charge on any atom is -0.411 e. The highest BCUT2D eigenvalue weighted by atomic mass is 19.4. The molecule has 0 radical (unpaired) electrons. The van der Waals surface area contributed by atoms with E-state index in [0.29, 0.717) is 25.8 Å². The Morgan fingerprint density at radius 3 is 2.39 bits per heavy atom. The van der Waals surface area contributed by atoms with E-state index in [1.54, 1.807) is 13.0 Å². The fourth-order valence-electron chi connectivity index (χ4n) is 3.02. The van der Waals surface area contributed by atoms with Crippen LogP contribution in [0.25, 0.3) is 0 Å². The zero-order valence-corrected chi connectivity index (χ0v) is 13.5. The summed E-state index contributed by atoms with van der Waals surface area (Å²) in [5.41, 5.74) is 0.764. The van der Waals surface area contributed by atoms with E-state index in [0.717, 1.165) is 31.3 Å². The molecule has 0 aromatic heterocycles. The van der Waals surface area contributed by atoms with Crippen molar-refractivity contribution in [3.05, 3.63) is 23.5 Å². The van der Waals surface area contributed by atoms with Gasteiger partial charge in [-0.25, -0.2) is 0 Å². The van der Waals surface area contributed by atoms with E-state index in [1.807, 2.05) is 0 Å². The van der Waals surface area contributed by atoms with E-state index in [4.69, 9.17) is 9.47 Å². The van der Waals surface area contributed by atoms with Gasteiger partial charge in [-0.1, -0.05) is 6.08 Å². The predicted octanol–water partition coefficient (Wildman–Crippen LogP) is 3.65. The Labute approximate surface area is 134 Å². The van der Waals surface area contributed by atoms with Crippen molar-refractivity contribution in [2.45, 2.75) is 57.7 Å². The summed E-state index contributed by atoms with van der Waals surface area (Å²) in [4.78, 5) is 0. The van der Waals surface area contributed by atoms with E-state index in [1.165, 1.54) is 13.0 Å². The highest BCUT2D eigenvalue weighted by Crippen LogP contribution is 2.35. The molecule has 2 fully saturated rings. The maximum Gasteiger partial charge on any atom is 0.572 e. The summed E-state index contributed by atoms with van der Waals surface area (Å²) in [5.74, 6) is -0.554. The summed E-state index contributed by atoms with van der Waals surface area (Å²) in [6, 6.07) is 0.320. The standard InChI is InChI=1S/C16H24F3NO3/c1-3-13(10-12(2)23-16(17,18)19)11-20-14-4-6-15(7-5-14)21-8-9-22-15/h3,10,14,20H,4-9,11H2,1-2H3/b12-10+,13-3+. The Hall–Kier alpha value is -1.05. The van der Waals surface area contributed by atoms with Crippen molar-refractivity contribution in [2.75, 3.05) is 19.8 Å². The van der Waals surface area contributed by atoms with Gasteiger partial charge >= 0.3 is 6.36 Å². The van der Waals surface area contributed by atoms with Gasteiger partial charge in [-0.05, 0) is 38.3 Å². The molecule has 23 heavy (non-hydrogen) atoms. The molecule has 0 atom stereocenters. The number of hydrogen-bond donors (Lipinski definition) is 1. The molecular weight excluding hydrogens is 311 g/mol. The minimum atomic E-state index is -4.65. The molecule has 1 spiro atoms. The van der Waals surface area contributed by atoms with Crippen LogP contribution < -0.4 is 5.32 Å².